The standard InChI is InChI=1S/C10H20N2O/c1-4-6-11-7-8-12(3)9-10-13-5-2/h1,11H,5-10H2,2-3H3. The molecule has 0 saturated carbocycles. The van der Waals surface area contributed by atoms with Gasteiger partial charge in [0.05, 0.1) is 13.2 Å². The van der Waals surface area contributed by atoms with Gasteiger partial charge in [-0.05, 0) is 14.0 Å². The van der Waals surface area contributed by atoms with E-state index in [4.69, 9.17) is 11.2 Å². The van der Waals surface area contributed by atoms with Gasteiger partial charge in [-0.25, -0.2) is 0 Å². The molecule has 0 aliphatic rings. The second kappa shape index (κ2) is 9.53. The van der Waals surface area contributed by atoms with Crippen molar-refractivity contribution in [1.29, 1.82) is 0 Å². The summed E-state index contributed by atoms with van der Waals surface area (Å²) in [7, 11) is 2.08. The van der Waals surface area contributed by atoms with Gasteiger partial charge in [-0.1, -0.05) is 5.92 Å². The molecule has 0 amide bonds. The van der Waals surface area contributed by atoms with Gasteiger partial charge in [-0.15, -0.1) is 6.42 Å². The van der Waals surface area contributed by atoms with Crippen LogP contribution in [0.1, 0.15) is 6.92 Å². The Kier molecular flexibility index (Phi) is 9.12. The first-order valence-corrected chi connectivity index (χ1v) is 4.71. The highest BCUT2D eigenvalue weighted by molar-refractivity contribution is 4.86. The molecule has 0 aliphatic carbocycles. The lowest BCUT2D eigenvalue weighted by Gasteiger charge is -2.15. The summed E-state index contributed by atoms with van der Waals surface area (Å²) in [6.45, 7) is 7.19. The van der Waals surface area contributed by atoms with Crippen LogP contribution in [0.15, 0.2) is 0 Å². The van der Waals surface area contributed by atoms with Gasteiger partial charge < -0.3 is 15.0 Å². The summed E-state index contributed by atoms with van der Waals surface area (Å²) in [6.07, 6.45) is 5.10. The lowest BCUT2D eigenvalue weighted by atomic mass is 10.5. The van der Waals surface area contributed by atoms with Crippen molar-refractivity contribution in [2.24, 2.45) is 0 Å². The normalized spacial score (nSPS) is 10.3. The number of likely N-dealkylation sites (N-methyl/N-ethyl adjacent to an activating group) is 1. The largest absolute Gasteiger partial charge is 0.380 e. The zero-order valence-corrected chi connectivity index (χ0v) is 8.68. The topological polar surface area (TPSA) is 24.5 Å². The Hall–Kier alpha value is -0.560. The van der Waals surface area contributed by atoms with E-state index in [0.717, 1.165) is 32.8 Å². The van der Waals surface area contributed by atoms with E-state index in [-0.39, 0.29) is 0 Å². The predicted octanol–water partition coefficient (Wildman–Crippen LogP) is 0.178. The first-order chi connectivity index (χ1) is 6.31. The smallest absolute Gasteiger partial charge is 0.0593 e. The lowest BCUT2D eigenvalue weighted by Crippen LogP contribution is -2.31. The SMILES string of the molecule is C#CCNCCN(C)CCOCC. The van der Waals surface area contributed by atoms with E-state index in [1.165, 1.54) is 0 Å². The summed E-state index contributed by atoms with van der Waals surface area (Å²) in [5.41, 5.74) is 0. The van der Waals surface area contributed by atoms with Crippen molar-refractivity contribution >= 4 is 0 Å². The molecule has 0 aromatic rings. The molecular weight excluding hydrogens is 164 g/mol. The van der Waals surface area contributed by atoms with Gasteiger partial charge in [0.1, 0.15) is 0 Å². The third-order valence-electron chi connectivity index (χ3n) is 1.72. The van der Waals surface area contributed by atoms with Crippen LogP contribution in [0.4, 0.5) is 0 Å². The van der Waals surface area contributed by atoms with E-state index < -0.39 is 0 Å². The quantitative estimate of drug-likeness (QED) is 0.430. The fourth-order valence-corrected chi connectivity index (χ4v) is 0.907. The van der Waals surface area contributed by atoms with E-state index in [1.807, 2.05) is 6.92 Å². The maximum atomic E-state index is 5.24. The van der Waals surface area contributed by atoms with E-state index in [9.17, 15) is 0 Å². The van der Waals surface area contributed by atoms with Crippen LogP contribution in [-0.4, -0.2) is 51.3 Å². The number of rotatable bonds is 8. The van der Waals surface area contributed by atoms with Crippen LogP contribution in [0.3, 0.4) is 0 Å². The predicted molar refractivity (Wildman–Crippen MR) is 55.7 cm³/mol. The van der Waals surface area contributed by atoms with Gasteiger partial charge in [-0.3, -0.25) is 0 Å². The fourth-order valence-electron chi connectivity index (χ4n) is 0.907. The van der Waals surface area contributed by atoms with Crippen molar-refractivity contribution in [3.05, 3.63) is 0 Å². The molecule has 76 valence electrons. The zero-order valence-electron chi connectivity index (χ0n) is 8.68. The van der Waals surface area contributed by atoms with Crippen LogP contribution in [0.2, 0.25) is 0 Å². The van der Waals surface area contributed by atoms with Gasteiger partial charge in [0.25, 0.3) is 0 Å². The fraction of sp³-hybridized carbons (Fsp3) is 0.800. The Morgan fingerprint density at radius 1 is 1.46 bits per heavy atom. The molecule has 0 atom stereocenters. The van der Waals surface area contributed by atoms with E-state index in [2.05, 4.69) is 23.2 Å². The summed E-state index contributed by atoms with van der Waals surface area (Å²) in [6, 6.07) is 0. The molecule has 1 N–H and O–H groups in total. The molecule has 3 heteroatoms. The van der Waals surface area contributed by atoms with Gasteiger partial charge in [0, 0.05) is 26.2 Å². The third kappa shape index (κ3) is 9.35. The monoisotopic (exact) mass is 184 g/mol. The molecule has 0 unspecified atom stereocenters. The van der Waals surface area contributed by atoms with Crippen molar-refractivity contribution in [3.63, 3.8) is 0 Å². The van der Waals surface area contributed by atoms with Gasteiger partial charge in [0.2, 0.25) is 0 Å². The molecule has 0 saturated heterocycles. The second-order valence-electron chi connectivity index (χ2n) is 2.88. The van der Waals surface area contributed by atoms with Gasteiger partial charge >= 0.3 is 0 Å². The van der Waals surface area contributed by atoms with Crippen LogP contribution < -0.4 is 5.32 Å². The van der Waals surface area contributed by atoms with Crippen molar-refractivity contribution in [1.82, 2.24) is 10.2 Å². The molecule has 0 fully saturated rings. The van der Waals surface area contributed by atoms with Crippen LogP contribution in [0.5, 0.6) is 0 Å². The van der Waals surface area contributed by atoms with Gasteiger partial charge in [0.15, 0.2) is 0 Å². The molecule has 3 nitrogen and oxygen atoms in total. The summed E-state index contributed by atoms with van der Waals surface area (Å²) in [5, 5.41) is 3.14. The van der Waals surface area contributed by atoms with Crippen LogP contribution in [0, 0.1) is 12.3 Å². The number of nitrogens with zero attached hydrogens (tertiary/aromatic N) is 1. The molecule has 0 aromatic heterocycles. The molecule has 0 bridgehead atoms. The summed E-state index contributed by atoms with van der Waals surface area (Å²) in [4.78, 5) is 2.22. The lowest BCUT2D eigenvalue weighted by molar-refractivity contribution is 0.122. The summed E-state index contributed by atoms with van der Waals surface area (Å²) in [5.74, 6) is 2.54. The summed E-state index contributed by atoms with van der Waals surface area (Å²) < 4.78 is 5.24. The second-order valence-corrected chi connectivity index (χ2v) is 2.88. The minimum absolute atomic E-state index is 0.652. The average molecular weight is 184 g/mol. The number of terminal acetylenes is 1. The van der Waals surface area contributed by atoms with Crippen molar-refractivity contribution in [3.8, 4) is 12.3 Å². The molecule has 0 aromatic carbocycles. The minimum Gasteiger partial charge on any atom is -0.380 e. The third-order valence-corrected chi connectivity index (χ3v) is 1.72. The molecule has 0 radical (unpaired) electrons. The van der Waals surface area contributed by atoms with E-state index in [0.29, 0.717) is 6.54 Å². The summed E-state index contributed by atoms with van der Waals surface area (Å²) >= 11 is 0. The molecule has 0 spiro atoms. The van der Waals surface area contributed by atoms with E-state index >= 15 is 0 Å². The Balaban J connectivity index is 3.11. The van der Waals surface area contributed by atoms with Crippen LogP contribution >= 0.6 is 0 Å². The highest BCUT2D eigenvalue weighted by Gasteiger charge is 1.96. The van der Waals surface area contributed by atoms with Crippen molar-refractivity contribution < 1.29 is 4.74 Å². The molecular formula is C10H20N2O. The van der Waals surface area contributed by atoms with E-state index in [1.54, 1.807) is 0 Å². The maximum Gasteiger partial charge on any atom is 0.0593 e. The zero-order chi connectivity index (χ0) is 9.94. The Bertz CT molecular complexity index is 142. The highest BCUT2D eigenvalue weighted by Crippen LogP contribution is 1.81. The average Bonchev–Trinajstić information content (AvgIpc) is 2.13. The minimum atomic E-state index is 0.652. The Labute approximate surface area is 81.4 Å². The number of nitrogens with one attached hydrogen (secondary N) is 1. The Morgan fingerprint density at radius 3 is 2.85 bits per heavy atom. The first-order valence-electron chi connectivity index (χ1n) is 4.71. The van der Waals surface area contributed by atoms with Crippen molar-refractivity contribution in [2.75, 3.05) is 46.4 Å². The number of hydrogen-bond donors (Lipinski definition) is 1. The maximum absolute atomic E-state index is 5.24. The van der Waals surface area contributed by atoms with Crippen LogP contribution in [0.25, 0.3) is 0 Å². The molecule has 0 rings (SSSR count). The first kappa shape index (κ1) is 12.4. The molecule has 0 heterocycles. The number of ether oxygens (including phenoxy) is 1. The van der Waals surface area contributed by atoms with Crippen LogP contribution in [-0.2, 0) is 4.74 Å². The Morgan fingerprint density at radius 2 is 2.23 bits per heavy atom. The highest BCUT2D eigenvalue weighted by atomic mass is 16.5. The molecule has 0 aliphatic heterocycles. The molecule has 13 heavy (non-hydrogen) atoms. The van der Waals surface area contributed by atoms with Crippen molar-refractivity contribution in [2.45, 2.75) is 6.92 Å². The number of hydrogen-bond acceptors (Lipinski definition) is 3. The van der Waals surface area contributed by atoms with Gasteiger partial charge in [-0.2, -0.15) is 0 Å².